The summed E-state index contributed by atoms with van der Waals surface area (Å²) in [7, 11) is 1.54. The van der Waals surface area contributed by atoms with Gasteiger partial charge in [0.15, 0.2) is 0 Å². The van der Waals surface area contributed by atoms with Crippen molar-refractivity contribution in [3.8, 4) is 5.75 Å². The fourth-order valence-electron chi connectivity index (χ4n) is 2.74. The third-order valence-corrected chi connectivity index (χ3v) is 4.12. The monoisotopic (exact) mass is 355 g/mol. The molecule has 2 amide bonds. The normalized spacial score (nSPS) is 16.1. The molecule has 1 unspecified atom stereocenters. The predicted octanol–water partition coefficient (Wildman–Crippen LogP) is 2.25. The molecule has 3 rings (SSSR count). The third-order valence-electron chi connectivity index (χ3n) is 4.12. The number of aromatic nitrogens is 1. The first-order chi connectivity index (χ1) is 12.7. The maximum absolute atomic E-state index is 12.5. The Balaban J connectivity index is 1.65. The molecule has 2 heterocycles. The Morgan fingerprint density at radius 3 is 2.88 bits per heavy atom. The Morgan fingerprint density at radius 1 is 1.27 bits per heavy atom. The number of hydrogen-bond donors (Lipinski definition) is 2. The second-order valence-electron chi connectivity index (χ2n) is 5.93. The first-order valence-corrected chi connectivity index (χ1v) is 8.47. The average molecular weight is 355 g/mol. The third kappa shape index (κ3) is 4.37. The highest BCUT2D eigenvalue weighted by molar-refractivity contribution is 6.06. The number of nitrogens with one attached hydrogen (secondary N) is 2. The summed E-state index contributed by atoms with van der Waals surface area (Å²) in [5.41, 5.74) is 1.09. The van der Waals surface area contributed by atoms with E-state index in [-0.39, 0.29) is 23.6 Å². The summed E-state index contributed by atoms with van der Waals surface area (Å²) in [6.07, 6.45) is 3.45. The van der Waals surface area contributed by atoms with Crippen molar-refractivity contribution in [2.45, 2.75) is 18.9 Å². The molecule has 1 aromatic carbocycles. The number of carbonyl (C=O) groups excluding carboxylic acids is 2. The Morgan fingerprint density at radius 2 is 2.12 bits per heavy atom. The van der Waals surface area contributed by atoms with Crippen molar-refractivity contribution in [3.05, 3.63) is 53.9 Å². The number of anilines is 1. The molecular weight excluding hydrogens is 334 g/mol. The first kappa shape index (κ1) is 17.9. The van der Waals surface area contributed by atoms with Gasteiger partial charge in [-0.2, -0.15) is 0 Å². The Hall–Kier alpha value is -2.93. The fourth-order valence-corrected chi connectivity index (χ4v) is 2.74. The number of nitrogens with zero attached hydrogens (tertiary/aromatic N) is 1. The molecule has 0 radical (unpaired) electrons. The lowest BCUT2D eigenvalue weighted by atomic mass is 10.2. The quantitative estimate of drug-likeness (QED) is 0.830. The molecule has 7 nitrogen and oxygen atoms in total. The van der Waals surface area contributed by atoms with E-state index >= 15 is 0 Å². The smallest absolute Gasteiger partial charge is 0.269 e. The minimum absolute atomic E-state index is 0.0518. The van der Waals surface area contributed by atoms with Crippen LogP contribution in [0.3, 0.4) is 0 Å². The van der Waals surface area contributed by atoms with Crippen LogP contribution < -0.4 is 15.4 Å². The summed E-state index contributed by atoms with van der Waals surface area (Å²) in [5, 5.41) is 5.57. The van der Waals surface area contributed by atoms with E-state index in [0.29, 0.717) is 23.5 Å². The molecule has 1 aliphatic heterocycles. The van der Waals surface area contributed by atoms with E-state index in [2.05, 4.69) is 15.6 Å². The Labute approximate surface area is 151 Å². The van der Waals surface area contributed by atoms with Gasteiger partial charge in [0, 0.05) is 24.9 Å². The largest absolute Gasteiger partial charge is 0.495 e. The zero-order chi connectivity index (χ0) is 18.4. The number of pyridine rings is 1. The van der Waals surface area contributed by atoms with Crippen molar-refractivity contribution in [2.24, 2.45) is 0 Å². The van der Waals surface area contributed by atoms with Gasteiger partial charge in [0.25, 0.3) is 11.8 Å². The van der Waals surface area contributed by atoms with Crippen LogP contribution in [0.4, 0.5) is 5.69 Å². The number of benzene rings is 1. The van der Waals surface area contributed by atoms with E-state index in [9.17, 15) is 9.59 Å². The lowest BCUT2D eigenvalue weighted by molar-refractivity contribution is 0.0853. The SMILES string of the molecule is COc1ccccc1NC(=O)c1ccnc(C(=O)NCC2CCCO2)c1. The maximum Gasteiger partial charge on any atom is 0.269 e. The van der Waals surface area contributed by atoms with Gasteiger partial charge in [-0.1, -0.05) is 12.1 Å². The summed E-state index contributed by atoms with van der Waals surface area (Å²) >= 11 is 0. The van der Waals surface area contributed by atoms with Gasteiger partial charge >= 0.3 is 0 Å². The highest BCUT2D eigenvalue weighted by Crippen LogP contribution is 2.23. The molecule has 26 heavy (non-hydrogen) atoms. The summed E-state index contributed by atoms with van der Waals surface area (Å²) in [5.74, 6) is -0.109. The van der Waals surface area contributed by atoms with Gasteiger partial charge in [-0.3, -0.25) is 14.6 Å². The highest BCUT2D eigenvalue weighted by atomic mass is 16.5. The van der Waals surface area contributed by atoms with Crippen molar-refractivity contribution in [3.63, 3.8) is 0 Å². The van der Waals surface area contributed by atoms with Crippen molar-refractivity contribution in [1.29, 1.82) is 0 Å². The van der Waals surface area contributed by atoms with Crippen LogP contribution in [0, 0.1) is 0 Å². The van der Waals surface area contributed by atoms with E-state index in [1.54, 1.807) is 24.3 Å². The van der Waals surface area contributed by atoms with Crippen LogP contribution in [0.25, 0.3) is 0 Å². The molecule has 2 N–H and O–H groups in total. The average Bonchev–Trinajstić information content (AvgIpc) is 3.20. The van der Waals surface area contributed by atoms with Gasteiger partial charge in [-0.15, -0.1) is 0 Å². The molecule has 7 heteroatoms. The van der Waals surface area contributed by atoms with Crippen LogP contribution in [0.1, 0.15) is 33.7 Å². The van der Waals surface area contributed by atoms with Crippen molar-refractivity contribution >= 4 is 17.5 Å². The molecule has 0 aliphatic carbocycles. The van der Waals surface area contributed by atoms with Gasteiger partial charge in [-0.25, -0.2) is 0 Å². The molecule has 136 valence electrons. The number of carbonyl (C=O) groups is 2. The zero-order valence-electron chi connectivity index (χ0n) is 14.5. The van der Waals surface area contributed by atoms with Gasteiger partial charge in [0.1, 0.15) is 11.4 Å². The van der Waals surface area contributed by atoms with E-state index < -0.39 is 0 Å². The molecule has 1 aromatic heterocycles. The Kier molecular flexibility index (Phi) is 5.80. The van der Waals surface area contributed by atoms with Crippen LogP contribution in [-0.4, -0.2) is 43.2 Å². The fraction of sp³-hybridized carbons (Fsp3) is 0.316. The van der Waals surface area contributed by atoms with Crippen molar-refractivity contribution in [1.82, 2.24) is 10.3 Å². The number of hydrogen-bond acceptors (Lipinski definition) is 5. The lowest BCUT2D eigenvalue weighted by Gasteiger charge is -2.11. The van der Waals surface area contributed by atoms with Crippen LogP contribution in [0.5, 0.6) is 5.75 Å². The van der Waals surface area contributed by atoms with Gasteiger partial charge in [0.2, 0.25) is 0 Å². The van der Waals surface area contributed by atoms with Crippen LogP contribution >= 0.6 is 0 Å². The summed E-state index contributed by atoms with van der Waals surface area (Å²) in [6, 6.07) is 10.1. The maximum atomic E-state index is 12.5. The number of para-hydroxylation sites is 2. The second-order valence-corrected chi connectivity index (χ2v) is 5.93. The van der Waals surface area contributed by atoms with Gasteiger partial charge in [-0.05, 0) is 37.1 Å². The molecule has 1 aliphatic rings. The minimum atomic E-state index is -0.343. The van der Waals surface area contributed by atoms with Gasteiger partial charge < -0.3 is 20.1 Å². The van der Waals surface area contributed by atoms with Crippen LogP contribution in [0.15, 0.2) is 42.6 Å². The summed E-state index contributed by atoms with van der Waals surface area (Å²) < 4.78 is 10.7. The lowest BCUT2D eigenvalue weighted by Crippen LogP contribution is -2.32. The number of amides is 2. The molecule has 0 spiro atoms. The molecule has 1 fully saturated rings. The van der Waals surface area contributed by atoms with Crippen molar-refractivity contribution in [2.75, 3.05) is 25.6 Å². The molecule has 2 aromatic rings. The topological polar surface area (TPSA) is 89.5 Å². The van der Waals surface area contributed by atoms with E-state index in [1.165, 1.54) is 19.4 Å². The highest BCUT2D eigenvalue weighted by Gasteiger charge is 2.18. The van der Waals surface area contributed by atoms with Crippen LogP contribution in [0.2, 0.25) is 0 Å². The number of ether oxygens (including phenoxy) is 2. The van der Waals surface area contributed by atoms with Crippen LogP contribution in [-0.2, 0) is 4.74 Å². The standard InChI is InChI=1S/C19H21N3O4/c1-25-17-7-3-2-6-15(17)22-18(23)13-8-9-20-16(11-13)19(24)21-12-14-5-4-10-26-14/h2-3,6-9,11,14H,4-5,10,12H2,1H3,(H,21,24)(H,22,23). The molecule has 0 saturated carbocycles. The Bertz CT molecular complexity index is 788. The summed E-state index contributed by atoms with van der Waals surface area (Å²) in [6.45, 7) is 1.18. The van der Waals surface area contributed by atoms with E-state index in [4.69, 9.17) is 9.47 Å². The number of methoxy groups -OCH3 is 1. The molecule has 1 atom stereocenters. The second kappa shape index (κ2) is 8.44. The zero-order valence-corrected chi connectivity index (χ0v) is 14.5. The molecule has 1 saturated heterocycles. The van der Waals surface area contributed by atoms with E-state index in [0.717, 1.165) is 19.4 Å². The first-order valence-electron chi connectivity index (χ1n) is 8.47. The van der Waals surface area contributed by atoms with Crippen molar-refractivity contribution < 1.29 is 19.1 Å². The molecular formula is C19H21N3O4. The number of rotatable bonds is 6. The minimum Gasteiger partial charge on any atom is -0.495 e. The molecule has 0 bridgehead atoms. The predicted molar refractivity (Wildman–Crippen MR) is 96.5 cm³/mol. The summed E-state index contributed by atoms with van der Waals surface area (Å²) in [4.78, 5) is 28.8. The van der Waals surface area contributed by atoms with E-state index in [1.807, 2.05) is 6.07 Å². The van der Waals surface area contributed by atoms with Gasteiger partial charge in [0.05, 0.1) is 18.9 Å².